The highest BCUT2D eigenvalue weighted by molar-refractivity contribution is 6.34. The van der Waals surface area contributed by atoms with E-state index in [2.05, 4.69) is 6.92 Å². The Bertz CT molecular complexity index is 246. The molecule has 0 saturated heterocycles. The highest BCUT2D eigenvalue weighted by Gasteiger charge is 2.26. The number of carbonyl (C=O) groups is 1. The number of carbonyl (C=O) groups excluding carboxylic acids is 1. The fraction of sp³-hybridized carbons (Fsp3) is 0.929. The van der Waals surface area contributed by atoms with E-state index in [1.54, 1.807) is 0 Å². The molecule has 0 aromatic heterocycles. The summed E-state index contributed by atoms with van der Waals surface area (Å²) in [6.45, 7) is 6.04. The summed E-state index contributed by atoms with van der Waals surface area (Å²) < 4.78 is 6.19. The first-order chi connectivity index (χ1) is 8.90. The second kappa shape index (κ2) is 10.8. The van der Waals surface area contributed by atoms with Crippen molar-refractivity contribution in [1.29, 1.82) is 0 Å². The summed E-state index contributed by atoms with van der Waals surface area (Å²) in [5.41, 5.74) is -0.557. The zero-order valence-electron chi connectivity index (χ0n) is 12.4. The lowest BCUT2D eigenvalue weighted by Gasteiger charge is -2.26. The van der Waals surface area contributed by atoms with Gasteiger partial charge in [-0.25, -0.2) is 0 Å². The summed E-state index contributed by atoms with van der Waals surface area (Å²) in [5.74, 6) is -0.170. The maximum Gasteiger partial charge on any atom is 0.305 e. The molecule has 0 bridgehead atoms. The van der Waals surface area contributed by atoms with Crippen molar-refractivity contribution in [2.24, 2.45) is 0 Å². The maximum absolute atomic E-state index is 11.5. The van der Waals surface area contributed by atoms with Gasteiger partial charge >= 0.3 is 5.97 Å². The predicted molar refractivity (Wildman–Crippen MR) is 81.2 cm³/mol. The van der Waals surface area contributed by atoms with Gasteiger partial charge in [0.1, 0.15) is 6.61 Å². The molecule has 0 amide bonds. The Labute approximate surface area is 127 Å². The summed E-state index contributed by atoms with van der Waals surface area (Å²) in [5, 5.41) is 0. The zero-order valence-corrected chi connectivity index (χ0v) is 13.9. The minimum atomic E-state index is -0.557. The van der Waals surface area contributed by atoms with Crippen LogP contribution in [-0.2, 0) is 9.53 Å². The minimum absolute atomic E-state index is 0.170. The number of halogens is 2. The van der Waals surface area contributed by atoms with Crippen LogP contribution < -0.4 is 0 Å². The summed E-state index contributed by atoms with van der Waals surface area (Å²) in [4.78, 5) is 11.5. The molecule has 0 aromatic rings. The first-order valence-corrected chi connectivity index (χ1v) is 7.85. The van der Waals surface area contributed by atoms with Crippen molar-refractivity contribution in [2.45, 2.75) is 77.7 Å². The van der Waals surface area contributed by atoms with Gasteiger partial charge in [-0.3, -0.25) is 4.79 Å². The highest BCUT2D eigenvalue weighted by atomic mass is 35.5. The molecule has 19 heavy (non-hydrogen) atoms. The lowest BCUT2D eigenvalue weighted by Crippen LogP contribution is -2.37. The van der Waals surface area contributed by atoms with Gasteiger partial charge in [0, 0.05) is 6.42 Å². The van der Waals surface area contributed by atoms with E-state index in [0.717, 1.165) is 16.8 Å². The number of rotatable bonds is 11. The molecule has 0 spiro atoms. The van der Waals surface area contributed by atoms with Gasteiger partial charge in [-0.1, -0.05) is 45.4 Å². The van der Waals surface area contributed by atoms with Gasteiger partial charge in [-0.15, -0.1) is 3.94 Å². The van der Waals surface area contributed by atoms with Crippen LogP contribution in [0.5, 0.6) is 0 Å². The first kappa shape index (κ1) is 19.0. The van der Waals surface area contributed by atoms with Crippen molar-refractivity contribution in [2.75, 3.05) is 6.61 Å². The van der Waals surface area contributed by atoms with Crippen LogP contribution in [0.15, 0.2) is 0 Å². The standard InChI is InChI=1S/C14H27Cl2NO2/c1-4-5-6-7-8-9-10-11-13(18)19-12-14(2,3)17(15)16/h4-12H2,1-3H3. The highest BCUT2D eigenvalue weighted by Crippen LogP contribution is 2.20. The topological polar surface area (TPSA) is 29.5 Å². The third-order valence-electron chi connectivity index (χ3n) is 3.03. The predicted octanol–water partition coefficient (Wildman–Crippen LogP) is 5.06. The molecule has 0 heterocycles. The number of esters is 1. The molecule has 0 fully saturated rings. The molecule has 0 rings (SSSR count). The normalized spacial score (nSPS) is 11.9. The van der Waals surface area contributed by atoms with Gasteiger partial charge < -0.3 is 4.74 Å². The third-order valence-corrected chi connectivity index (χ3v) is 3.94. The number of nitrogens with zero attached hydrogens (tertiary/aromatic N) is 1. The van der Waals surface area contributed by atoms with Gasteiger partial charge in [0.05, 0.1) is 5.54 Å². The second-order valence-electron chi connectivity index (χ2n) is 5.58. The Balaban J connectivity index is 3.50. The SMILES string of the molecule is CCCCCCCCCC(=O)OCC(C)(C)N(Cl)Cl. The van der Waals surface area contributed by atoms with E-state index < -0.39 is 5.54 Å². The molecule has 3 nitrogen and oxygen atoms in total. The molecular formula is C14H27Cl2NO2. The van der Waals surface area contributed by atoms with Gasteiger partial charge in [0.15, 0.2) is 0 Å². The molecule has 0 saturated carbocycles. The quantitative estimate of drug-likeness (QED) is 0.303. The van der Waals surface area contributed by atoms with E-state index in [0.29, 0.717) is 6.42 Å². The zero-order chi connectivity index (χ0) is 14.7. The van der Waals surface area contributed by atoms with Gasteiger partial charge in [-0.05, 0) is 43.8 Å². The van der Waals surface area contributed by atoms with E-state index in [-0.39, 0.29) is 12.6 Å². The van der Waals surface area contributed by atoms with Crippen LogP contribution in [-0.4, -0.2) is 22.1 Å². The maximum atomic E-state index is 11.5. The lowest BCUT2D eigenvalue weighted by molar-refractivity contribution is -0.146. The third kappa shape index (κ3) is 10.5. The van der Waals surface area contributed by atoms with Crippen LogP contribution in [0.3, 0.4) is 0 Å². The molecule has 0 radical (unpaired) electrons. The Hall–Kier alpha value is 0.01000. The Morgan fingerprint density at radius 3 is 2.11 bits per heavy atom. The average Bonchev–Trinajstić information content (AvgIpc) is 2.35. The van der Waals surface area contributed by atoms with Crippen LogP contribution in [0.25, 0.3) is 0 Å². The Kier molecular flexibility index (Phi) is 10.8. The molecule has 0 aliphatic carbocycles. The lowest BCUT2D eigenvalue weighted by atomic mass is 10.1. The number of unbranched alkanes of at least 4 members (excludes halogenated alkanes) is 6. The molecule has 0 unspecified atom stereocenters. The summed E-state index contributed by atoms with van der Waals surface area (Å²) in [7, 11) is 0. The van der Waals surface area contributed by atoms with Gasteiger partial charge in [-0.2, -0.15) is 0 Å². The molecule has 0 atom stereocenters. The van der Waals surface area contributed by atoms with E-state index >= 15 is 0 Å². The summed E-state index contributed by atoms with van der Waals surface area (Å²) in [6, 6.07) is 0. The van der Waals surface area contributed by atoms with Crippen LogP contribution in [0.2, 0.25) is 0 Å². The molecule has 0 aliphatic rings. The fourth-order valence-electron chi connectivity index (χ4n) is 1.60. The van der Waals surface area contributed by atoms with Crippen LogP contribution in [0.1, 0.15) is 72.1 Å². The number of hydrogen-bond acceptors (Lipinski definition) is 3. The fourth-order valence-corrected chi connectivity index (χ4v) is 1.70. The number of hydrogen-bond donors (Lipinski definition) is 0. The van der Waals surface area contributed by atoms with Crippen molar-refractivity contribution in [3.63, 3.8) is 0 Å². The van der Waals surface area contributed by atoms with Crippen molar-refractivity contribution in [3.05, 3.63) is 0 Å². The van der Waals surface area contributed by atoms with Gasteiger partial charge in [0.2, 0.25) is 0 Å². The number of ether oxygens (including phenoxy) is 1. The molecule has 0 aliphatic heterocycles. The van der Waals surface area contributed by atoms with Crippen LogP contribution >= 0.6 is 23.6 Å². The molecule has 0 N–H and O–H groups in total. The van der Waals surface area contributed by atoms with E-state index in [1.807, 2.05) is 13.8 Å². The van der Waals surface area contributed by atoms with Crippen molar-refractivity contribution >= 4 is 29.5 Å². The first-order valence-electron chi connectivity index (χ1n) is 7.17. The van der Waals surface area contributed by atoms with E-state index in [1.165, 1.54) is 32.1 Å². The van der Waals surface area contributed by atoms with Crippen LogP contribution in [0.4, 0.5) is 0 Å². The molecule has 5 heteroatoms. The second-order valence-corrected chi connectivity index (χ2v) is 6.43. The molecular weight excluding hydrogens is 285 g/mol. The van der Waals surface area contributed by atoms with Crippen molar-refractivity contribution in [1.82, 2.24) is 3.94 Å². The smallest absolute Gasteiger partial charge is 0.305 e. The Morgan fingerprint density at radius 1 is 1.05 bits per heavy atom. The van der Waals surface area contributed by atoms with Crippen molar-refractivity contribution < 1.29 is 9.53 Å². The average molecular weight is 312 g/mol. The van der Waals surface area contributed by atoms with E-state index in [4.69, 9.17) is 28.3 Å². The van der Waals surface area contributed by atoms with Crippen LogP contribution in [0, 0.1) is 0 Å². The molecule has 114 valence electrons. The Morgan fingerprint density at radius 2 is 1.58 bits per heavy atom. The monoisotopic (exact) mass is 311 g/mol. The van der Waals surface area contributed by atoms with E-state index in [9.17, 15) is 4.79 Å². The minimum Gasteiger partial charge on any atom is -0.464 e. The summed E-state index contributed by atoms with van der Waals surface area (Å²) in [6.07, 6.45) is 8.82. The largest absolute Gasteiger partial charge is 0.464 e. The molecule has 0 aromatic carbocycles. The summed E-state index contributed by atoms with van der Waals surface area (Å²) >= 11 is 11.3. The van der Waals surface area contributed by atoms with Crippen molar-refractivity contribution in [3.8, 4) is 0 Å². The van der Waals surface area contributed by atoms with Gasteiger partial charge in [0.25, 0.3) is 0 Å².